The van der Waals surface area contributed by atoms with Crippen molar-refractivity contribution in [1.29, 1.82) is 0 Å². The molecule has 8 heteroatoms. The number of hydrogen-bond donors (Lipinski definition) is 3. The lowest BCUT2D eigenvalue weighted by atomic mass is 10.3. The van der Waals surface area contributed by atoms with Gasteiger partial charge in [0.15, 0.2) is 5.13 Å². The highest BCUT2D eigenvalue weighted by molar-refractivity contribution is 7.14. The second-order valence-corrected chi connectivity index (χ2v) is 5.78. The maximum atomic E-state index is 13.6. The van der Waals surface area contributed by atoms with E-state index in [1.807, 2.05) is 6.07 Å². The molecule has 0 aliphatic carbocycles. The van der Waals surface area contributed by atoms with Crippen molar-refractivity contribution < 1.29 is 14.0 Å². The van der Waals surface area contributed by atoms with E-state index in [1.54, 1.807) is 30.3 Å². The number of benzene rings is 2. The normalized spacial score (nSPS) is 10.1. The number of para-hydroxylation sites is 2. The van der Waals surface area contributed by atoms with E-state index in [9.17, 15) is 14.0 Å². The van der Waals surface area contributed by atoms with E-state index in [4.69, 9.17) is 0 Å². The first kappa shape index (κ1) is 16.6. The minimum absolute atomic E-state index is 0.0665. The zero-order valence-electron chi connectivity index (χ0n) is 12.8. The molecule has 2 aromatic carbocycles. The van der Waals surface area contributed by atoms with Gasteiger partial charge in [-0.1, -0.05) is 30.3 Å². The van der Waals surface area contributed by atoms with Gasteiger partial charge < -0.3 is 10.6 Å². The summed E-state index contributed by atoms with van der Waals surface area (Å²) in [5.74, 6) is -1.09. The average molecular weight is 356 g/mol. The Labute approximate surface area is 146 Å². The van der Waals surface area contributed by atoms with Gasteiger partial charge in [0.2, 0.25) is 0 Å². The van der Waals surface area contributed by atoms with Crippen molar-refractivity contribution in [3.8, 4) is 0 Å². The molecule has 0 atom stereocenters. The molecule has 3 N–H and O–H groups in total. The monoisotopic (exact) mass is 356 g/mol. The number of halogens is 1. The molecule has 0 spiro atoms. The summed E-state index contributed by atoms with van der Waals surface area (Å²) in [5, 5.41) is 9.36. The topological polar surface area (TPSA) is 83.1 Å². The molecule has 3 rings (SSSR count). The third kappa shape index (κ3) is 4.39. The predicted octanol–water partition coefficient (Wildman–Crippen LogP) is 4.18. The first-order chi connectivity index (χ1) is 12.1. The van der Waals surface area contributed by atoms with E-state index in [1.165, 1.54) is 23.6 Å². The average Bonchev–Trinajstić information content (AvgIpc) is 3.06. The standard InChI is InChI=1S/C17H13FN4O2S/c18-12-8-4-5-9-13(12)20-15(23)14-10-25-17(21-14)22-16(24)19-11-6-2-1-3-7-11/h1-10H,(H,20,23)(H2,19,21,22,24). The largest absolute Gasteiger partial charge is 0.325 e. The van der Waals surface area contributed by atoms with Gasteiger partial charge in [-0.2, -0.15) is 0 Å². The molecule has 25 heavy (non-hydrogen) atoms. The van der Waals surface area contributed by atoms with Crippen LogP contribution in [0.15, 0.2) is 60.0 Å². The summed E-state index contributed by atoms with van der Waals surface area (Å²) in [6.07, 6.45) is 0. The highest BCUT2D eigenvalue weighted by atomic mass is 32.1. The van der Waals surface area contributed by atoms with Crippen molar-refractivity contribution in [2.45, 2.75) is 0 Å². The molecule has 6 nitrogen and oxygen atoms in total. The number of thiazole rings is 1. The van der Waals surface area contributed by atoms with Crippen LogP contribution in [-0.2, 0) is 0 Å². The summed E-state index contributed by atoms with van der Waals surface area (Å²) in [7, 11) is 0. The lowest BCUT2D eigenvalue weighted by Gasteiger charge is -2.05. The van der Waals surface area contributed by atoms with Crippen LogP contribution in [0.1, 0.15) is 10.5 Å². The van der Waals surface area contributed by atoms with Gasteiger partial charge in [-0.3, -0.25) is 10.1 Å². The molecular weight excluding hydrogens is 343 g/mol. The predicted molar refractivity (Wildman–Crippen MR) is 95.6 cm³/mol. The number of urea groups is 1. The summed E-state index contributed by atoms with van der Waals surface area (Å²) in [6.45, 7) is 0. The van der Waals surface area contributed by atoms with Gasteiger partial charge in [-0.15, -0.1) is 11.3 Å². The molecule has 3 amide bonds. The third-order valence-corrected chi connectivity index (χ3v) is 3.87. The number of amides is 3. The van der Waals surface area contributed by atoms with Crippen LogP contribution in [0.25, 0.3) is 0 Å². The number of rotatable bonds is 4. The van der Waals surface area contributed by atoms with Crippen LogP contribution in [0, 0.1) is 5.82 Å². The van der Waals surface area contributed by atoms with Gasteiger partial charge in [-0.25, -0.2) is 14.2 Å². The molecule has 0 bridgehead atoms. The fourth-order valence-electron chi connectivity index (χ4n) is 1.97. The number of carbonyl (C=O) groups excluding carboxylic acids is 2. The molecule has 0 saturated carbocycles. The van der Waals surface area contributed by atoms with Gasteiger partial charge in [0.05, 0.1) is 5.69 Å². The Kier molecular flexibility index (Phi) is 5.00. The minimum atomic E-state index is -0.558. The Balaban J connectivity index is 1.61. The zero-order chi connectivity index (χ0) is 17.6. The van der Waals surface area contributed by atoms with E-state index in [2.05, 4.69) is 20.9 Å². The van der Waals surface area contributed by atoms with Gasteiger partial charge >= 0.3 is 6.03 Å². The summed E-state index contributed by atoms with van der Waals surface area (Å²) < 4.78 is 13.6. The SMILES string of the molecule is O=C(Nc1ccccc1)Nc1nc(C(=O)Nc2ccccc2F)cs1. The first-order valence-electron chi connectivity index (χ1n) is 7.26. The van der Waals surface area contributed by atoms with Crippen molar-refractivity contribution in [1.82, 2.24) is 4.98 Å². The summed E-state index contributed by atoms with van der Waals surface area (Å²) in [5.41, 5.74) is 0.786. The number of carbonyl (C=O) groups is 2. The first-order valence-corrected chi connectivity index (χ1v) is 8.14. The van der Waals surface area contributed by atoms with Gasteiger partial charge in [0.25, 0.3) is 5.91 Å². The van der Waals surface area contributed by atoms with Crippen LogP contribution >= 0.6 is 11.3 Å². The number of nitrogens with one attached hydrogen (secondary N) is 3. The Morgan fingerprint density at radius 2 is 1.64 bits per heavy atom. The molecular formula is C17H13FN4O2S. The molecule has 0 fully saturated rings. The van der Waals surface area contributed by atoms with Crippen molar-refractivity contribution in [2.75, 3.05) is 16.0 Å². The molecule has 0 unspecified atom stereocenters. The molecule has 0 aliphatic heterocycles. The third-order valence-electron chi connectivity index (χ3n) is 3.11. The quantitative estimate of drug-likeness (QED) is 0.656. The lowest BCUT2D eigenvalue weighted by Crippen LogP contribution is -2.19. The van der Waals surface area contributed by atoms with Crippen molar-refractivity contribution >= 4 is 39.8 Å². The molecule has 0 radical (unpaired) electrons. The molecule has 0 aliphatic rings. The van der Waals surface area contributed by atoms with Gasteiger partial charge in [-0.05, 0) is 24.3 Å². The number of anilines is 3. The summed E-state index contributed by atoms with van der Waals surface area (Å²) in [6, 6.07) is 14.3. The van der Waals surface area contributed by atoms with Gasteiger partial charge in [0.1, 0.15) is 11.5 Å². The van der Waals surface area contributed by atoms with Crippen LogP contribution in [-0.4, -0.2) is 16.9 Å². The van der Waals surface area contributed by atoms with Crippen LogP contribution in [0.5, 0.6) is 0 Å². The lowest BCUT2D eigenvalue weighted by molar-refractivity contribution is 0.102. The molecule has 1 aromatic heterocycles. The Morgan fingerprint density at radius 1 is 0.920 bits per heavy atom. The number of hydrogen-bond acceptors (Lipinski definition) is 4. The minimum Gasteiger partial charge on any atom is -0.318 e. The van der Waals surface area contributed by atoms with E-state index in [0.29, 0.717) is 5.69 Å². The van der Waals surface area contributed by atoms with E-state index >= 15 is 0 Å². The fourth-order valence-corrected chi connectivity index (χ4v) is 2.65. The zero-order valence-corrected chi connectivity index (χ0v) is 13.6. The second-order valence-electron chi connectivity index (χ2n) is 4.92. The highest BCUT2D eigenvalue weighted by Crippen LogP contribution is 2.18. The van der Waals surface area contributed by atoms with Crippen LogP contribution in [0.3, 0.4) is 0 Å². The Hall–Kier alpha value is -3.26. The molecule has 3 aromatic rings. The Bertz CT molecular complexity index is 898. The van der Waals surface area contributed by atoms with Crippen molar-refractivity contribution in [3.63, 3.8) is 0 Å². The maximum Gasteiger partial charge on any atom is 0.325 e. The van der Waals surface area contributed by atoms with E-state index < -0.39 is 17.8 Å². The second kappa shape index (κ2) is 7.54. The molecule has 126 valence electrons. The van der Waals surface area contributed by atoms with Gasteiger partial charge in [0, 0.05) is 11.1 Å². The van der Waals surface area contributed by atoms with Crippen LogP contribution < -0.4 is 16.0 Å². The Morgan fingerprint density at radius 3 is 2.40 bits per heavy atom. The maximum absolute atomic E-state index is 13.6. The fraction of sp³-hybridized carbons (Fsp3) is 0. The van der Waals surface area contributed by atoms with Crippen molar-refractivity contribution in [3.05, 3.63) is 71.5 Å². The highest BCUT2D eigenvalue weighted by Gasteiger charge is 2.14. The molecule has 1 heterocycles. The smallest absolute Gasteiger partial charge is 0.318 e. The summed E-state index contributed by atoms with van der Waals surface area (Å²) in [4.78, 5) is 28.0. The number of nitrogens with zero attached hydrogens (tertiary/aromatic N) is 1. The van der Waals surface area contributed by atoms with E-state index in [0.717, 1.165) is 11.3 Å². The number of aromatic nitrogens is 1. The van der Waals surface area contributed by atoms with Crippen LogP contribution in [0.2, 0.25) is 0 Å². The summed E-state index contributed by atoms with van der Waals surface area (Å²) >= 11 is 1.09. The van der Waals surface area contributed by atoms with Crippen LogP contribution in [0.4, 0.5) is 25.7 Å². The van der Waals surface area contributed by atoms with Crippen molar-refractivity contribution in [2.24, 2.45) is 0 Å². The molecule has 0 saturated heterocycles. The van der Waals surface area contributed by atoms with E-state index in [-0.39, 0.29) is 16.5 Å².